The zero-order valence-corrected chi connectivity index (χ0v) is 14.0. The second-order valence-electron chi connectivity index (χ2n) is 5.72. The molecular formula is C17H16FN5O4. The minimum Gasteiger partial charge on any atom is -0.351 e. The molecule has 0 saturated carbocycles. The van der Waals surface area contributed by atoms with Gasteiger partial charge in [0.15, 0.2) is 0 Å². The number of para-hydroxylation sites is 1. The van der Waals surface area contributed by atoms with Crippen LogP contribution in [0.1, 0.15) is 16.9 Å². The normalized spacial score (nSPS) is 10.7. The Kier molecular flexibility index (Phi) is 5.15. The third-order valence-electron chi connectivity index (χ3n) is 3.81. The summed E-state index contributed by atoms with van der Waals surface area (Å²) in [5.41, 5.74) is -0.946. The molecule has 3 aromatic rings. The summed E-state index contributed by atoms with van der Waals surface area (Å²) in [6, 6.07) is 8.35. The number of hydrogen-bond donors (Lipinski definition) is 4. The minimum atomic E-state index is -1.24. The second-order valence-corrected chi connectivity index (χ2v) is 5.72. The van der Waals surface area contributed by atoms with Gasteiger partial charge in [0, 0.05) is 24.0 Å². The van der Waals surface area contributed by atoms with Crippen molar-refractivity contribution in [3.63, 3.8) is 0 Å². The highest BCUT2D eigenvalue weighted by atomic mass is 19.1. The summed E-state index contributed by atoms with van der Waals surface area (Å²) in [6.45, 7) is 0.419. The Balaban J connectivity index is 1.47. The first-order valence-corrected chi connectivity index (χ1v) is 8.11. The average molecular weight is 373 g/mol. The van der Waals surface area contributed by atoms with Gasteiger partial charge in [-0.25, -0.2) is 14.2 Å². The van der Waals surface area contributed by atoms with Crippen molar-refractivity contribution in [3.8, 4) is 0 Å². The van der Waals surface area contributed by atoms with E-state index in [1.165, 1.54) is 0 Å². The molecule has 140 valence electrons. The van der Waals surface area contributed by atoms with Crippen LogP contribution in [0.2, 0.25) is 0 Å². The van der Waals surface area contributed by atoms with Gasteiger partial charge in [-0.1, -0.05) is 18.2 Å². The molecule has 3 rings (SSSR count). The van der Waals surface area contributed by atoms with Gasteiger partial charge in [-0.3, -0.25) is 14.6 Å². The van der Waals surface area contributed by atoms with Crippen molar-refractivity contribution in [1.29, 1.82) is 0 Å². The molecule has 1 aromatic carbocycles. The molecule has 2 amide bonds. The first kappa shape index (κ1) is 18.1. The van der Waals surface area contributed by atoms with Crippen LogP contribution in [-0.4, -0.2) is 39.6 Å². The lowest BCUT2D eigenvalue weighted by molar-refractivity contribution is 0.0949. The number of carbonyl (C=O) groups excluding carboxylic acids is 2. The van der Waals surface area contributed by atoms with E-state index in [4.69, 9.17) is 0 Å². The number of rotatable bonds is 5. The van der Waals surface area contributed by atoms with E-state index in [1.54, 1.807) is 11.1 Å². The molecular weight excluding hydrogens is 357 g/mol. The van der Waals surface area contributed by atoms with Gasteiger partial charge in [0.25, 0.3) is 11.5 Å². The lowest BCUT2D eigenvalue weighted by Gasteiger charge is -2.07. The molecule has 2 heterocycles. The van der Waals surface area contributed by atoms with Crippen LogP contribution in [0.3, 0.4) is 0 Å². The third kappa shape index (κ3) is 4.11. The summed E-state index contributed by atoms with van der Waals surface area (Å²) in [4.78, 5) is 51.0. The van der Waals surface area contributed by atoms with E-state index in [9.17, 15) is 23.6 Å². The molecule has 2 aromatic heterocycles. The molecule has 10 heteroatoms. The Morgan fingerprint density at radius 1 is 1.07 bits per heavy atom. The fourth-order valence-electron chi connectivity index (χ4n) is 2.46. The Morgan fingerprint density at radius 2 is 1.81 bits per heavy atom. The molecule has 0 aliphatic heterocycles. The second kappa shape index (κ2) is 7.68. The van der Waals surface area contributed by atoms with Crippen LogP contribution in [0.4, 0.5) is 9.18 Å². The van der Waals surface area contributed by atoms with Gasteiger partial charge in [0.1, 0.15) is 5.69 Å². The summed E-state index contributed by atoms with van der Waals surface area (Å²) in [6.07, 6.45) is 0.909. The van der Waals surface area contributed by atoms with E-state index >= 15 is 0 Å². The molecule has 0 saturated heterocycles. The van der Waals surface area contributed by atoms with E-state index < -0.39 is 23.1 Å². The summed E-state index contributed by atoms with van der Waals surface area (Å²) in [7, 11) is 0. The fraction of sp³-hybridized carbons (Fsp3) is 0.176. The standard InChI is InChI=1S/C17H16FN5O4/c18-11-9-23(17(27)22-14(11)24)16(26)20-7-3-6-19-15(25)13-8-10-4-1-2-5-12(10)21-13/h1-2,4-5,8-9,21H,3,6-7H2,(H,19,25)(H,20,26)(H,22,24,27). The van der Waals surface area contributed by atoms with Gasteiger partial charge < -0.3 is 15.6 Å². The highest BCUT2D eigenvalue weighted by Crippen LogP contribution is 2.14. The average Bonchev–Trinajstić information content (AvgIpc) is 3.08. The van der Waals surface area contributed by atoms with Crippen molar-refractivity contribution < 1.29 is 14.0 Å². The number of nitrogens with one attached hydrogen (secondary N) is 4. The van der Waals surface area contributed by atoms with Gasteiger partial charge in [0.05, 0.1) is 6.20 Å². The summed E-state index contributed by atoms with van der Waals surface area (Å²) in [5, 5.41) is 6.03. The monoisotopic (exact) mass is 373 g/mol. The Hall–Kier alpha value is -3.69. The number of H-pyrrole nitrogens is 2. The molecule has 0 fully saturated rings. The van der Waals surface area contributed by atoms with Crippen LogP contribution in [0, 0.1) is 5.82 Å². The lowest BCUT2D eigenvalue weighted by atomic mass is 10.2. The van der Waals surface area contributed by atoms with Gasteiger partial charge in [0.2, 0.25) is 5.82 Å². The van der Waals surface area contributed by atoms with Crippen LogP contribution in [-0.2, 0) is 0 Å². The van der Waals surface area contributed by atoms with Gasteiger partial charge in [-0.2, -0.15) is 4.39 Å². The van der Waals surface area contributed by atoms with Crippen LogP contribution < -0.4 is 21.9 Å². The van der Waals surface area contributed by atoms with Gasteiger partial charge >= 0.3 is 11.7 Å². The number of halogens is 1. The van der Waals surface area contributed by atoms with Crippen molar-refractivity contribution in [2.75, 3.05) is 13.1 Å². The molecule has 0 bridgehead atoms. The maximum Gasteiger partial charge on any atom is 0.336 e. The number of amides is 2. The van der Waals surface area contributed by atoms with E-state index in [-0.39, 0.29) is 19.0 Å². The van der Waals surface area contributed by atoms with Gasteiger partial charge in [-0.05, 0) is 18.6 Å². The highest BCUT2D eigenvalue weighted by Gasteiger charge is 2.11. The number of aromatic nitrogens is 3. The molecule has 27 heavy (non-hydrogen) atoms. The maximum absolute atomic E-state index is 13.2. The first-order valence-electron chi connectivity index (χ1n) is 8.11. The van der Waals surface area contributed by atoms with E-state index in [2.05, 4.69) is 15.6 Å². The molecule has 0 unspecified atom stereocenters. The first-order chi connectivity index (χ1) is 13.0. The number of fused-ring (bicyclic) bond motifs is 1. The topological polar surface area (TPSA) is 129 Å². The number of nitrogens with zero attached hydrogens (tertiary/aromatic N) is 1. The molecule has 0 spiro atoms. The van der Waals surface area contributed by atoms with Crippen molar-refractivity contribution >= 4 is 22.8 Å². The molecule has 4 N–H and O–H groups in total. The van der Waals surface area contributed by atoms with Crippen molar-refractivity contribution in [3.05, 3.63) is 68.9 Å². The molecule has 0 radical (unpaired) electrons. The maximum atomic E-state index is 13.2. The van der Waals surface area contributed by atoms with Crippen LogP contribution in [0.15, 0.2) is 46.1 Å². The van der Waals surface area contributed by atoms with Crippen molar-refractivity contribution in [2.24, 2.45) is 0 Å². The molecule has 9 nitrogen and oxygen atoms in total. The van der Waals surface area contributed by atoms with Crippen LogP contribution >= 0.6 is 0 Å². The van der Waals surface area contributed by atoms with Crippen LogP contribution in [0.5, 0.6) is 0 Å². The summed E-state index contributed by atoms with van der Waals surface area (Å²) >= 11 is 0. The van der Waals surface area contributed by atoms with Gasteiger partial charge in [-0.15, -0.1) is 0 Å². The Labute approximate surface area is 151 Å². The zero-order valence-electron chi connectivity index (χ0n) is 14.0. The van der Waals surface area contributed by atoms with Crippen LogP contribution in [0.25, 0.3) is 10.9 Å². The summed E-state index contributed by atoms with van der Waals surface area (Å²) < 4.78 is 13.6. The van der Waals surface area contributed by atoms with E-state index in [1.807, 2.05) is 24.3 Å². The van der Waals surface area contributed by atoms with Crippen molar-refractivity contribution in [1.82, 2.24) is 25.2 Å². The quantitative estimate of drug-likeness (QED) is 0.486. The fourth-order valence-corrected chi connectivity index (χ4v) is 2.46. The predicted octanol–water partition coefficient (Wildman–Crippen LogP) is 0.535. The number of carbonyl (C=O) groups is 2. The SMILES string of the molecule is O=C(NCCCNC(=O)n1cc(F)c(=O)[nH]c1=O)c1cc2ccccc2[nH]1. The minimum absolute atomic E-state index is 0.138. The number of hydrogen-bond acceptors (Lipinski definition) is 4. The molecule has 0 atom stereocenters. The van der Waals surface area contributed by atoms with Crippen molar-refractivity contribution in [2.45, 2.75) is 6.42 Å². The lowest BCUT2D eigenvalue weighted by Crippen LogP contribution is -2.41. The third-order valence-corrected chi connectivity index (χ3v) is 3.81. The smallest absolute Gasteiger partial charge is 0.336 e. The number of aromatic amines is 2. The Morgan fingerprint density at radius 3 is 2.59 bits per heavy atom. The van der Waals surface area contributed by atoms with E-state index in [0.29, 0.717) is 22.9 Å². The Bertz CT molecular complexity index is 1080. The predicted molar refractivity (Wildman–Crippen MR) is 95.3 cm³/mol. The summed E-state index contributed by atoms with van der Waals surface area (Å²) in [5.74, 6) is -1.52. The number of benzene rings is 1. The van der Waals surface area contributed by atoms with E-state index in [0.717, 1.165) is 10.9 Å². The zero-order chi connectivity index (χ0) is 19.4. The highest BCUT2D eigenvalue weighted by molar-refractivity contribution is 5.97. The molecule has 0 aliphatic carbocycles. The molecule has 0 aliphatic rings. The largest absolute Gasteiger partial charge is 0.351 e.